The van der Waals surface area contributed by atoms with Crippen molar-refractivity contribution < 1.29 is 23.9 Å². The number of anilines is 2. The summed E-state index contributed by atoms with van der Waals surface area (Å²) in [6.07, 6.45) is 6.11. The zero-order valence-electron chi connectivity index (χ0n) is 34.7. The fourth-order valence-electron chi connectivity index (χ4n) is 9.93. The molecule has 4 amide bonds. The Morgan fingerprint density at radius 2 is 1.37 bits per heavy atom. The van der Waals surface area contributed by atoms with Gasteiger partial charge in [0, 0.05) is 76.1 Å². The third-order valence-electron chi connectivity index (χ3n) is 13.4. The predicted octanol–water partition coefficient (Wildman–Crippen LogP) is 4.19. The quantitative estimate of drug-likeness (QED) is 0.192. The molecule has 0 saturated carbocycles. The van der Waals surface area contributed by atoms with Crippen LogP contribution in [0.1, 0.15) is 65.3 Å². The Kier molecular flexibility index (Phi) is 10.9. The molecule has 2 aromatic heterocycles. The van der Waals surface area contributed by atoms with Crippen LogP contribution >= 0.6 is 0 Å². The van der Waals surface area contributed by atoms with Gasteiger partial charge in [-0.25, -0.2) is 14.6 Å². The van der Waals surface area contributed by atoms with E-state index in [9.17, 15) is 19.2 Å². The Balaban J connectivity index is 0.684. The van der Waals surface area contributed by atoms with Gasteiger partial charge in [-0.3, -0.25) is 34.3 Å². The first-order valence-corrected chi connectivity index (χ1v) is 21.9. The van der Waals surface area contributed by atoms with Crippen LogP contribution in [0.2, 0.25) is 0 Å². The second kappa shape index (κ2) is 16.9. The highest BCUT2D eigenvalue weighted by Gasteiger charge is 2.45. The summed E-state index contributed by atoms with van der Waals surface area (Å²) >= 11 is 0. The molecule has 5 aliphatic heterocycles. The van der Waals surface area contributed by atoms with Gasteiger partial charge in [-0.15, -0.1) is 0 Å². The van der Waals surface area contributed by atoms with Gasteiger partial charge in [0.25, 0.3) is 11.8 Å². The number of carbonyl (C=O) groups is 4. The molecule has 1 atom stereocenters. The molecule has 7 heterocycles. The maximum atomic E-state index is 13.4. The molecular weight excluding hydrogens is 787 g/mol. The number of para-hydroxylation sites is 1. The normalized spacial score (nSPS) is 21.2. The van der Waals surface area contributed by atoms with Crippen molar-refractivity contribution in [3.05, 3.63) is 90.3 Å². The van der Waals surface area contributed by atoms with Crippen molar-refractivity contribution >= 4 is 46.2 Å². The van der Waals surface area contributed by atoms with Gasteiger partial charge < -0.3 is 25.2 Å². The number of ether oxygens (including phenoxy) is 1. The molecule has 0 radical (unpaired) electrons. The molecule has 4 fully saturated rings. The summed E-state index contributed by atoms with van der Waals surface area (Å²) in [6.45, 7) is 9.78. The van der Waals surface area contributed by atoms with E-state index >= 15 is 0 Å². The summed E-state index contributed by atoms with van der Waals surface area (Å²) in [4.78, 5) is 70.7. The number of benzene rings is 3. The molecular formula is C46H51N11O5. The lowest BCUT2D eigenvalue weighted by molar-refractivity contribution is -0.136. The fraction of sp³-hybridized carbons (Fsp3) is 0.413. The average molecular weight is 838 g/mol. The molecule has 16 nitrogen and oxygen atoms in total. The molecule has 5 aromatic rings. The molecule has 1 unspecified atom stereocenters. The molecule has 16 heteroatoms. The van der Waals surface area contributed by atoms with Crippen LogP contribution < -0.4 is 20.7 Å². The Labute approximate surface area is 359 Å². The van der Waals surface area contributed by atoms with Crippen molar-refractivity contribution in [3.8, 4) is 22.8 Å². The number of piperidine rings is 3. The molecule has 5 aliphatic rings. The Bertz CT molecular complexity index is 2490. The van der Waals surface area contributed by atoms with Crippen LogP contribution in [0.3, 0.4) is 0 Å². The summed E-state index contributed by atoms with van der Waals surface area (Å²) in [5.41, 5.74) is 10.5. The Hall–Kier alpha value is -6.23. The van der Waals surface area contributed by atoms with Gasteiger partial charge in [0.15, 0.2) is 5.65 Å². The fourth-order valence-corrected chi connectivity index (χ4v) is 9.93. The van der Waals surface area contributed by atoms with E-state index in [2.05, 4.69) is 39.6 Å². The number of hydrogen-bond donors (Lipinski definition) is 2. The monoisotopic (exact) mass is 837 g/mol. The minimum Gasteiger partial charge on any atom is -0.457 e. The van der Waals surface area contributed by atoms with Crippen LogP contribution in [0.25, 0.3) is 22.3 Å². The molecule has 0 bridgehead atoms. The number of nitrogens with two attached hydrogens (primary N) is 1. The number of carbonyl (C=O) groups excluding carboxylic acids is 4. The molecule has 62 heavy (non-hydrogen) atoms. The van der Waals surface area contributed by atoms with Gasteiger partial charge in [0.2, 0.25) is 11.8 Å². The maximum absolute atomic E-state index is 13.4. The molecule has 3 N–H and O–H groups in total. The average Bonchev–Trinajstić information content (AvgIpc) is 3.81. The van der Waals surface area contributed by atoms with Gasteiger partial charge in [0.05, 0.1) is 22.6 Å². The van der Waals surface area contributed by atoms with Gasteiger partial charge in [0.1, 0.15) is 35.4 Å². The number of imide groups is 2. The lowest BCUT2D eigenvalue weighted by Gasteiger charge is -2.42. The SMILES string of the molecule is Nc1ncnc2c1c(-c1ccc(Oc3ccccc3)cc1)nn2C1CCN(C2CCN(CCN3CCN(c4ccc5c(c4)C(=O)N(C4CCC(=O)NC4=O)C5=O)CC3)CC2)CC1. The number of hydrogen-bond acceptors (Lipinski definition) is 13. The standard InChI is InChI=1S/C46H51N11O5/c47-42-40-41(30-6-9-35(10-7-30)62-34-4-2-1-3-5-34)51-57(43(40)49-29-48-42)32-16-20-54(21-17-32)31-14-18-52(19-15-31)22-23-53-24-26-55(27-25-53)33-8-11-36-37(28-33)46(61)56(45(36)60)38-12-13-39(58)50-44(38)59/h1-11,28-29,31-32,38H,12-27H2,(H2,47,48,49)(H,50,58,59). The molecule has 0 spiro atoms. The number of likely N-dealkylation sites (tertiary alicyclic amines) is 2. The highest BCUT2D eigenvalue weighted by Crippen LogP contribution is 2.36. The van der Waals surface area contributed by atoms with Crippen LogP contribution in [0.15, 0.2) is 79.1 Å². The number of piperazine rings is 1. The molecule has 4 saturated heterocycles. The van der Waals surface area contributed by atoms with E-state index in [1.54, 1.807) is 12.1 Å². The van der Waals surface area contributed by atoms with Crippen LogP contribution in [0, 0.1) is 0 Å². The number of fused-ring (bicyclic) bond motifs is 2. The summed E-state index contributed by atoms with van der Waals surface area (Å²) in [6, 6.07) is 22.9. The first-order valence-electron chi connectivity index (χ1n) is 21.9. The summed E-state index contributed by atoms with van der Waals surface area (Å²) < 4.78 is 8.11. The summed E-state index contributed by atoms with van der Waals surface area (Å²) in [7, 11) is 0. The van der Waals surface area contributed by atoms with E-state index in [-0.39, 0.29) is 24.8 Å². The second-order valence-electron chi connectivity index (χ2n) is 17.0. The van der Waals surface area contributed by atoms with Crippen molar-refractivity contribution in [1.82, 2.24) is 44.7 Å². The maximum Gasteiger partial charge on any atom is 0.262 e. The van der Waals surface area contributed by atoms with Crippen molar-refractivity contribution in [2.75, 3.05) is 76.1 Å². The van der Waals surface area contributed by atoms with Crippen LogP contribution in [-0.4, -0.2) is 141 Å². The second-order valence-corrected chi connectivity index (χ2v) is 17.0. The zero-order valence-corrected chi connectivity index (χ0v) is 34.7. The van der Waals surface area contributed by atoms with Crippen molar-refractivity contribution in [2.24, 2.45) is 0 Å². The first-order chi connectivity index (χ1) is 30.3. The lowest BCUT2D eigenvalue weighted by atomic mass is 9.98. The summed E-state index contributed by atoms with van der Waals surface area (Å²) in [5, 5.41) is 8.19. The van der Waals surface area contributed by atoms with E-state index in [4.69, 9.17) is 15.6 Å². The third kappa shape index (κ3) is 7.78. The first kappa shape index (κ1) is 39.9. The van der Waals surface area contributed by atoms with E-state index in [1.165, 1.54) is 19.2 Å². The number of aromatic nitrogens is 4. The lowest BCUT2D eigenvalue weighted by Crippen LogP contribution is -2.54. The van der Waals surface area contributed by atoms with Crippen molar-refractivity contribution in [3.63, 3.8) is 0 Å². The van der Waals surface area contributed by atoms with Crippen molar-refractivity contribution in [1.29, 1.82) is 0 Å². The van der Waals surface area contributed by atoms with Crippen LogP contribution in [0.4, 0.5) is 11.5 Å². The molecule has 0 aliphatic carbocycles. The van der Waals surface area contributed by atoms with Crippen LogP contribution in [0.5, 0.6) is 11.5 Å². The predicted molar refractivity (Wildman–Crippen MR) is 233 cm³/mol. The molecule has 10 rings (SSSR count). The van der Waals surface area contributed by atoms with Gasteiger partial charge >= 0.3 is 0 Å². The molecule has 3 aromatic carbocycles. The van der Waals surface area contributed by atoms with E-state index in [0.717, 1.165) is 123 Å². The number of amides is 4. The number of rotatable bonds is 10. The zero-order chi connectivity index (χ0) is 42.3. The third-order valence-corrected chi connectivity index (χ3v) is 13.4. The number of nitrogen functional groups attached to an aromatic ring is 1. The highest BCUT2D eigenvalue weighted by molar-refractivity contribution is 6.23. The minimum absolute atomic E-state index is 0.101. The Morgan fingerprint density at radius 1 is 0.694 bits per heavy atom. The van der Waals surface area contributed by atoms with E-state index in [1.807, 2.05) is 60.7 Å². The minimum atomic E-state index is -0.963. The van der Waals surface area contributed by atoms with Gasteiger partial charge in [-0.05, 0) is 99.8 Å². The highest BCUT2D eigenvalue weighted by atomic mass is 16.5. The van der Waals surface area contributed by atoms with Crippen molar-refractivity contribution in [2.45, 2.75) is 56.7 Å². The Morgan fingerprint density at radius 3 is 2.10 bits per heavy atom. The smallest absolute Gasteiger partial charge is 0.262 e. The number of nitrogens with one attached hydrogen (secondary N) is 1. The molecule has 320 valence electrons. The number of nitrogens with zero attached hydrogens (tertiary/aromatic N) is 9. The van der Waals surface area contributed by atoms with Crippen LogP contribution in [-0.2, 0) is 9.59 Å². The van der Waals surface area contributed by atoms with E-state index in [0.29, 0.717) is 23.0 Å². The largest absolute Gasteiger partial charge is 0.457 e. The van der Waals surface area contributed by atoms with E-state index < -0.39 is 23.8 Å². The summed E-state index contributed by atoms with van der Waals surface area (Å²) in [5.74, 6) is 0.0404. The van der Waals surface area contributed by atoms with Gasteiger partial charge in [-0.1, -0.05) is 18.2 Å². The topological polar surface area (TPSA) is 175 Å². The van der Waals surface area contributed by atoms with Gasteiger partial charge in [-0.2, -0.15) is 5.10 Å².